The predicted octanol–water partition coefficient (Wildman–Crippen LogP) is 3.27. The Kier molecular flexibility index (Phi) is 6.39. The summed E-state index contributed by atoms with van der Waals surface area (Å²) >= 11 is 0. The average molecular weight is 463 g/mol. The zero-order chi connectivity index (χ0) is 24.3. The van der Waals surface area contributed by atoms with E-state index in [1.165, 1.54) is 0 Å². The molecule has 1 unspecified atom stereocenters. The molecule has 2 amide bonds. The first-order valence-corrected chi connectivity index (χ1v) is 11.3. The van der Waals surface area contributed by atoms with Crippen LogP contribution in [0.5, 0.6) is 0 Å². The van der Waals surface area contributed by atoms with Gasteiger partial charge in [0.05, 0.1) is 12.1 Å². The molecule has 34 heavy (non-hydrogen) atoms. The fourth-order valence-corrected chi connectivity index (χ4v) is 4.27. The van der Waals surface area contributed by atoms with Crippen molar-refractivity contribution in [3.05, 3.63) is 59.9 Å². The Bertz CT molecular complexity index is 1160. The van der Waals surface area contributed by atoms with E-state index in [-0.39, 0.29) is 23.8 Å². The van der Waals surface area contributed by atoms with Crippen LogP contribution in [-0.4, -0.2) is 48.6 Å². The summed E-state index contributed by atoms with van der Waals surface area (Å²) in [7, 11) is 0. The second-order valence-corrected chi connectivity index (χ2v) is 8.93. The molecule has 0 radical (unpaired) electrons. The molecule has 0 spiro atoms. The third-order valence-corrected chi connectivity index (χ3v) is 5.91. The maximum absolute atomic E-state index is 13.2. The van der Waals surface area contributed by atoms with Crippen molar-refractivity contribution in [3.8, 4) is 0 Å². The smallest absolute Gasteiger partial charge is 0.259 e. The van der Waals surface area contributed by atoms with Crippen molar-refractivity contribution in [3.63, 3.8) is 0 Å². The highest BCUT2D eigenvalue weighted by molar-refractivity contribution is 6.08. The lowest BCUT2D eigenvalue weighted by Gasteiger charge is -2.31. The number of aliphatic imine (C=N–C) groups is 1. The molecule has 0 bridgehead atoms. The number of allylic oxidation sites excluding steroid dienone is 1. The fraction of sp³-hybridized carbons (Fsp3) is 0.360. The van der Waals surface area contributed by atoms with Gasteiger partial charge in [0.2, 0.25) is 5.91 Å². The number of carbonyl (C=O) groups is 2. The monoisotopic (exact) mass is 462 g/mol. The summed E-state index contributed by atoms with van der Waals surface area (Å²) in [5.74, 6) is -0.894. The molecule has 9 heteroatoms. The van der Waals surface area contributed by atoms with Gasteiger partial charge in [-0.2, -0.15) is 0 Å². The highest BCUT2D eigenvalue weighted by atomic mass is 16.5. The number of aromatic nitrogens is 1. The van der Waals surface area contributed by atoms with Gasteiger partial charge in [-0.15, -0.1) is 0 Å². The van der Waals surface area contributed by atoms with Gasteiger partial charge >= 0.3 is 0 Å². The number of fused-ring (bicyclic) bond motifs is 1. The molecule has 0 aliphatic carbocycles. The minimum Gasteiger partial charge on any atom is -0.362 e. The summed E-state index contributed by atoms with van der Waals surface area (Å²) in [6.45, 7) is 9.00. The number of hydrogen-bond donors (Lipinski definition) is 3. The summed E-state index contributed by atoms with van der Waals surface area (Å²) in [4.78, 5) is 35.8. The number of carbonyl (C=O) groups excluding carboxylic acids is 2. The average Bonchev–Trinajstić information content (AvgIpc) is 3.09. The van der Waals surface area contributed by atoms with Crippen LogP contribution >= 0.6 is 0 Å². The lowest BCUT2D eigenvalue weighted by Crippen LogP contribution is -2.50. The van der Waals surface area contributed by atoms with E-state index in [9.17, 15) is 9.59 Å². The number of nitrogens with one attached hydrogen (secondary N) is 3. The fourth-order valence-electron chi connectivity index (χ4n) is 4.27. The van der Waals surface area contributed by atoms with Gasteiger partial charge in [0.25, 0.3) is 11.8 Å². The van der Waals surface area contributed by atoms with Crippen molar-refractivity contribution in [1.29, 1.82) is 0 Å². The topological polar surface area (TPSA) is 108 Å². The molecule has 2 aliphatic heterocycles. The molecule has 1 atom stereocenters. The number of hydrogen-bond acceptors (Lipinski definition) is 7. The highest BCUT2D eigenvalue weighted by Crippen LogP contribution is 2.41. The van der Waals surface area contributed by atoms with Gasteiger partial charge in [0, 0.05) is 55.5 Å². The second-order valence-electron chi connectivity index (χ2n) is 8.93. The Balaban J connectivity index is 1.53. The predicted molar refractivity (Wildman–Crippen MR) is 133 cm³/mol. The normalized spacial score (nSPS) is 19.9. The Hall–Kier alpha value is -3.72. The number of anilines is 3. The van der Waals surface area contributed by atoms with E-state index in [1.807, 2.05) is 25.1 Å². The van der Waals surface area contributed by atoms with E-state index in [0.717, 1.165) is 11.3 Å². The van der Waals surface area contributed by atoms with E-state index in [1.54, 1.807) is 48.6 Å². The number of nitrogens with zero attached hydrogens (tertiary/aromatic N) is 3. The van der Waals surface area contributed by atoms with E-state index in [2.05, 4.69) is 39.8 Å². The number of rotatable bonds is 7. The lowest BCUT2D eigenvalue weighted by molar-refractivity contribution is -0.116. The van der Waals surface area contributed by atoms with Crippen LogP contribution in [0.2, 0.25) is 0 Å². The Morgan fingerprint density at radius 1 is 1.26 bits per heavy atom. The number of ether oxygens (including phenoxy) is 1. The maximum atomic E-state index is 13.2. The van der Waals surface area contributed by atoms with Crippen LogP contribution in [0.4, 0.5) is 17.2 Å². The standard InChI is InChI=1S/C25H30N6O3/c1-5-34-25(28-12-7-13-29-25)15-27-22-19(8-6-11-26-22)23(33)30-18-9-10-20-21(14-18)31(17(2)32)16-24(20,3)4/h6-14,28H,5,15-16H2,1-4H3,(H,26,27)(H,30,33). The minimum absolute atomic E-state index is 0.0221. The van der Waals surface area contributed by atoms with Crippen molar-refractivity contribution in [1.82, 2.24) is 10.3 Å². The summed E-state index contributed by atoms with van der Waals surface area (Å²) in [5.41, 5.74) is 2.75. The third kappa shape index (κ3) is 4.65. The zero-order valence-corrected chi connectivity index (χ0v) is 19.9. The van der Waals surface area contributed by atoms with Gasteiger partial charge < -0.3 is 25.6 Å². The van der Waals surface area contributed by atoms with Gasteiger partial charge in [0.1, 0.15) is 5.82 Å². The quantitative estimate of drug-likeness (QED) is 0.583. The van der Waals surface area contributed by atoms with E-state index in [4.69, 9.17) is 4.74 Å². The summed E-state index contributed by atoms with van der Waals surface area (Å²) < 4.78 is 5.79. The molecule has 0 saturated heterocycles. The van der Waals surface area contributed by atoms with Crippen LogP contribution in [0.25, 0.3) is 0 Å². The van der Waals surface area contributed by atoms with Crippen LogP contribution in [0.3, 0.4) is 0 Å². The van der Waals surface area contributed by atoms with Crippen molar-refractivity contribution < 1.29 is 14.3 Å². The lowest BCUT2D eigenvalue weighted by atomic mass is 9.87. The summed E-state index contributed by atoms with van der Waals surface area (Å²) in [6, 6.07) is 9.10. The molecule has 178 valence electrons. The Labute approximate surface area is 199 Å². The Morgan fingerprint density at radius 3 is 2.79 bits per heavy atom. The SMILES string of the molecule is CCOC1(CNc2ncccc2C(=O)Nc2ccc3c(c2)N(C(C)=O)CC3(C)C)N=CC=CN1. The minimum atomic E-state index is -0.975. The molecule has 2 aliphatic rings. The number of amides is 2. The first-order chi connectivity index (χ1) is 16.2. The summed E-state index contributed by atoms with van der Waals surface area (Å²) in [5, 5.41) is 9.25. The van der Waals surface area contributed by atoms with Crippen molar-refractivity contribution in [2.24, 2.45) is 4.99 Å². The molecule has 1 aromatic heterocycles. The number of pyridine rings is 1. The molecular weight excluding hydrogens is 432 g/mol. The first-order valence-electron chi connectivity index (χ1n) is 11.3. The first kappa shape index (κ1) is 23.4. The molecule has 1 aromatic carbocycles. The van der Waals surface area contributed by atoms with Gasteiger partial charge in [-0.3, -0.25) is 9.59 Å². The van der Waals surface area contributed by atoms with E-state index in [0.29, 0.717) is 30.2 Å². The van der Waals surface area contributed by atoms with Crippen LogP contribution < -0.4 is 20.9 Å². The molecule has 0 fully saturated rings. The molecule has 3 heterocycles. The second kappa shape index (κ2) is 9.26. The van der Waals surface area contributed by atoms with E-state index < -0.39 is 5.85 Å². The largest absolute Gasteiger partial charge is 0.362 e. The van der Waals surface area contributed by atoms with Gasteiger partial charge in [0.15, 0.2) is 0 Å². The van der Waals surface area contributed by atoms with E-state index >= 15 is 0 Å². The molecular formula is C25H30N6O3. The molecule has 2 aromatic rings. The van der Waals surface area contributed by atoms with Gasteiger partial charge in [-0.25, -0.2) is 9.98 Å². The van der Waals surface area contributed by atoms with Gasteiger partial charge in [-0.1, -0.05) is 19.9 Å². The summed E-state index contributed by atoms with van der Waals surface area (Å²) in [6.07, 6.45) is 6.82. The zero-order valence-electron chi connectivity index (χ0n) is 19.9. The molecule has 4 rings (SSSR count). The molecule has 3 N–H and O–H groups in total. The van der Waals surface area contributed by atoms with Crippen LogP contribution in [-0.2, 0) is 14.9 Å². The third-order valence-electron chi connectivity index (χ3n) is 5.91. The Morgan fingerprint density at radius 2 is 2.09 bits per heavy atom. The highest BCUT2D eigenvalue weighted by Gasteiger charge is 2.37. The maximum Gasteiger partial charge on any atom is 0.259 e. The van der Waals surface area contributed by atoms with Gasteiger partial charge in [-0.05, 0) is 42.8 Å². The van der Waals surface area contributed by atoms with Crippen molar-refractivity contribution in [2.75, 3.05) is 35.2 Å². The molecule has 0 saturated carbocycles. The van der Waals surface area contributed by atoms with Crippen LogP contribution in [0.1, 0.15) is 43.6 Å². The van der Waals surface area contributed by atoms with Crippen molar-refractivity contribution in [2.45, 2.75) is 39.0 Å². The molecule has 9 nitrogen and oxygen atoms in total. The van der Waals surface area contributed by atoms with Crippen LogP contribution in [0.15, 0.2) is 53.8 Å². The van der Waals surface area contributed by atoms with Crippen LogP contribution in [0, 0.1) is 0 Å². The number of benzene rings is 1. The van der Waals surface area contributed by atoms with Crippen molar-refractivity contribution >= 4 is 35.2 Å².